The SMILES string of the molecule is COc1ccc(C(=O)N[C@H](Cc2ccc(F)cc2)C(C)C)cc1S(=O)(=O)N(C)C. The third-order valence-electron chi connectivity index (χ3n) is 4.67. The molecule has 1 N–H and O–H groups in total. The summed E-state index contributed by atoms with van der Waals surface area (Å²) in [6, 6.07) is 10.3. The summed E-state index contributed by atoms with van der Waals surface area (Å²) in [6.45, 7) is 3.95. The van der Waals surface area contributed by atoms with Gasteiger partial charge in [-0.05, 0) is 48.2 Å². The lowest BCUT2D eigenvalue weighted by Gasteiger charge is -2.23. The van der Waals surface area contributed by atoms with E-state index in [1.807, 2.05) is 13.8 Å². The summed E-state index contributed by atoms with van der Waals surface area (Å²) in [5, 5.41) is 2.96. The molecule has 0 radical (unpaired) electrons. The first-order valence-electron chi connectivity index (χ1n) is 9.22. The van der Waals surface area contributed by atoms with Crippen molar-refractivity contribution < 1.29 is 22.3 Å². The molecule has 0 aliphatic carbocycles. The van der Waals surface area contributed by atoms with Gasteiger partial charge in [-0.15, -0.1) is 0 Å². The Hall–Kier alpha value is -2.45. The van der Waals surface area contributed by atoms with Crippen molar-refractivity contribution in [2.75, 3.05) is 21.2 Å². The van der Waals surface area contributed by atoms with E-state index in [1.165, 1.54) is 51.5 Å². The molecule has 2 aromatic carbocycles. The van der Waals surface area contributed by atoms with Crippen molar-refractivity contribution in [3.05, 3.63) is 59.4 Å². The number of carbonyl (C=O) groups excluding carboxylic acids is 1. The van der Waals surface area contributed by atoms with Crippen LogP contribution < -0.4 is 10.1 Å². The number of benzene rings is 2. The number of sulfonamides is 1. The molecule has 0 aliphatic rings. The second-order valence-electron chi connectivity index (χ2n) is 7.31. The number of methoxy groups -OCH3 is 1. The lowest BCUT2D eigenvalue weighted by Crippen LogP contribution is -2.40. The summed E-state index contributed by atoms with van der Waals surface area (Å²) in [5.41, 5.74) is 1.12. The first-order valence-corrected chi connectivity index (χ1v) is 10.7. The fourth-order valence-electron chi connectivity index (χ4n) is 2.80. The second-order valence-corrected chi connectivity index (χ2v) is 9.43. The first kappa shape index (κ1) is 22.8. The normalized spacial score (nSPS) is 12.8. The van der Waals surface area contributed by atoms with Gasteiger partial charge in [0.1, 0.15) is 16.5 Å². The predicted octanol–water partition coefficient (Wildman–Crippen LogP) is 3.08. The van der Waals surface area contributed by atoms with E-state index in [9.17, 15) is 17.6 Å². The first-order chi connectivity index (χ1) is 13.6. The van der Waals surface area contributed by atoms with Crippen molar-refractivity contribution in [2.24, 2.45) is 5.92 Å². The largest absolute Gasteiger partial charge is 0.495 e. The topological polar surface area (TPSA) is 75.7 Å². The van der Waals surface area contributed by atoms with E-state index in [1.54, 1.807) is 12.1 Å². The summed E-state index contributed by atoms with van der Waals surface area (Å²) >= 11 is 0. The highest BCUT2D eigenvalue weighted by Gasteiger charge is 2.25. The van der Waals surface area contributed by atoms with Crippen LogP contribution in [0.15, 0.2) is 47.4 Å². The average molecular weight is 423 g/mol. The molecule has 0 saturated heterocycles. The van der Waals surface area contributed by atoms with Crippen LogP contribution in [0, 0.1) is 11.7 Å². The Labute approximate surface area is 171 Å². The van der Waals surface area contributed by atoms with Gasteiger partial charge in [-0.3, -0.25) is 4.79 Å². The summed E-state index contributed by atoms with van der Waals surface area (Å²) in [7, 11) is 0.427. The maximum atomic E-state index is 13.1. The molecule has 1 atom stereocenters. The number of carbonyl (C=O) groups is 1. The fraction of sp³-hybridized carbons (Fsp3) is 0.381. The van der Waals surface area contributed by atoms with E-state index in [0.29, 0.717) is 6.42 Å². The van der Waals surface area contributed by atoms with Crippen LogP contribution >= 0.6 is 0 Å². The summed E-state index contributed by atoms with van der Waals surface area (Å²) < 4.78 is 44.5. The molecule has 0 heterocycles. The predicted molar refractivity (Wildman–Crippen MR) is 110 cm³/mol. The number of rotatable bonds is 8. The lowest BCUT2D eigenvalue weighted by atomic mass is 9.96. The van der Waals surface area contributed by atoms with Crippen molar-refractivity contribution in [3.63, 3.8) is 0 Å². The van der Waals surface area contributed by atoms with E-state index in [-0.39, 0.29) is 39.9 Å². The van der Waals surface area contributed by atoms with Crippen LogP contribution in [0.25, 0.3) is 0 Å². The van der Waals surface area contributed by atoms with Gasteiger partial charge in [0.15, 0.2) is 0 Å². The maximum Gasteiger partial charge on any atom is 0.251 e. The Kier molecular flexibility index (Phi) is 7.37. The highest BCUT2D eigenvalue weighted by Crippen LogP contribution is 2.27. The molecule has 0 aliphatic heterocycles. The van der Waals surface area contributed by atoms with E-state index >= 15 is 0 Å². The number of nitrogens with zero attached hydrogens (tertiary/aromatic N) is 1. The van der Waals surface area contributed by atoms with Crippen LogP contribution in [0.5, 0.6) is 5.75 Å². The van der Waals surface area contributed by atoms with Gasteiger partial charge in [0, 0.05) is 25.7 Å². The van der Waals surface area contributed by atoms with Crippen LogP contribution in [-0.2, 0) is 16.4 Å². The quantitative estimate of drug-likeness (QED) is 0.709. The zero-order chi connectivity index (χ0) is 21.8. The third-order valence-corrected chi connectivity index (χ3v) is 6.51. The van der Waals surface area contributed by atoms with Gasteiger partial charge in [0.2, 0.25) is 10.0 Å². The Morgan fingerprint density at radius 2 is 1.76 bits per heavy atom. The van der Waals surface area contributed by atoms with Crippen LogP contribution in [0.3, 0.4) is 0 Å². The molecule has 0 unspecified atom stereocenters. The number of hydrogen-bond donors (Lipinski definition) is 1. The van der Waals surface area contributed by atoms with Crippen molar-refractivity contribution in [3.8, 4) is 5.75 Å². The van der Waals surface area contributed by atoms with Crippen LogP contribution in [-0.4, -0.2) is 45.9 Å². The van der Waals surface area contributed by atoms with E-state index in [0.717, 1.165) is 9.87 Å². The number of nitrogens with one attached hydrogen (secondary N) is 1. The zero-order valence-electron chi connectivity index (χ0n) is 17.3. The Morgan fingerprint density at radius 1 is 1.14 bits per heavy atom. The number of amides is 1. The van der Waals surface area contributed by atoms with Crippen molar-refractivity contribution in [1.29, 1.82) is 0 Å². The Morgan fingerprint density at radius 3 is 2.28 bits per heavy atom. The molecule has 0 spiro atoms. The molecule has 8 heteroatoms. The van der Waals surface area contributed by atoms with Crippen molar-refractivity contribution in [2.45, 2.75) is 31.2 Å². The Bertz CT molecular complexity index is 957. The molecular weight excluding hydrogens is 395 g/mol. The standard InChI is InChI=1S/C21H27FN2O4S/c1-14(2)18(12-15-6-9-17(22)10-7-15)23-21(25)16-8-11-19(28-5)20(13-16)29(26,27)24(3)4/h6-11,13-14,18H,12H2,1-5H3,(H,23,25)/t18-/m1/s1. The van der Waals surface area contributed by atoms with Gasteiger partial charge in [-0.1, -0.05) is 26.0 Å². The molecule has 29 heavy (non-hydrogen) atoms. The monoisotopic (exact) mass is 422 g/mol. The molecule has 6 nitrogen and oxygen atoms in total. The average Bonchev–Trinajstić information content (AvgIpc) is 2.68. The van der Waals surface area contributed by atoms with Gasteiger partial charge < -0.3 is 10.1 Å². The van der Waals surface area contributed by atoms with Gasteiger partial charge in [-0.2, -0.15) is 0 Å². The highest BCUT2D eigenvalue weighted by atomic mass is 32.2. The van der Waals surface area contributed by atoms with Gasteiger partial charge in [-0.25, -0.2) is 17.1 Å². The van der Waals surface area contributed by atoms with Gasteiger partial charge >= 0.3 is 0 Å². The third kappa shape index (κ3) is 5.55. The molecule has 0 bridgehead atoms. The highest BCUT2D eigenvalue weighted by molar-refractivity contribution is 7.89. The molecule has 2 aromatic rings. The molecular formula is C21H27FN2O4S. The van der Waals surface area contributed by atoms with Crippen LogP contribution in [0.4, 0.5) is 4.39 Å². The Balaban J connectivity index is 2.29. The molecule has 0 saturated carbocycles. The summed E-state index contributed by atoms with van der Waals surface area (Å²) in [6.07, 6.45) is 0.530. The molecule has 2 rings (SSSR count). The maximum absolute atomic E-state index is 13.1. The minimum absolute atomic E-state index is 0.0720. The van der Waals surface area contributed by atoms with Gasteiger partial charge in [0.05, 0.1) is 7.11 Å². The van der Waals surface area contributed by atoms with Crippen LogP contribution in [0.2, 0.25) is 0 Å². The van der Waals surface area contributed by atoms with Gasteiger partial charge in [0.25, 0.3) is 5.91 Å². The molecule has 0 aromatic heterocycles. The summed E-state index contributed by atoms with van der Waals surface area (Å²) in [4.78, 5) is 12.8. The number of ether oxygens (including phenoxy) is 1. The molecule has 1 amide bonds. The molecule has 0 fully saturated rings. The van der Waals surface area contributed by atoms with E-state index in [4.69, 9.17) is 4.74 Å². The smallest absolute Gasteiger partial charge is 0.251 e. The number of hydrogen-bond acceptors (Lipinski definition) is 4. The zero-order valence-corrected chi connectivity index (χ0v) is 18.1. The van der Waals surface area contributed by atoms with E-state index in [2.05, 4.69) is 5.32 Å². The molecule has 158 valence electrons. The second kappa shape index (κ2) is 9.37. The van der Waals surface area contributed by atoms with Crippen molar-refractivity contribution >= 4 is 15.9 Å². The summed E-state index contributed by atoms with van der Waals surface area (Å²) in [5.74, 6) is -0.412. The minimum Gasteiger partial charge on any atom is -0.495 e. The van der Waals surface area contributed by atoms with E-state index < -0.39 is 10.0 Å². The van der Waals surface area contributed by atoms with Crippen molar-refractivity contribution in [1.82, 2.24) is 9.62 Å². The number of halogens is 1. The van der Waals surface area contributed by atoms with Crippen LogP contribution in [0.1, 0.15) is 29.8 Å². The lowest BCUT2D eigenvalue weighted by molar-refractivity contribution is 0.0925. The fourth-order valence-corrected chi connectivity index (χ4v) is 3.87. The minimum atomic E-state index is -3.78.